The molecular weight excluding hydrogens is 252 g/mol. The SMILES string of the molecule is CC(C)CC(CC(C)C)Nc1ccc2oc(=O)[nH]c2c1. The molecule has 0 spiro atoms. The highest BCUT2D eigenvalue weighted by molar-refractivity contribution is 5.76. The lowest BCUT2D eigenvalue weighted by Gasteiger charge is -2.23. The van der Waals surface area contributed by atoms with Crippen LogP contribution in [0.3, 0.4) is 0 Å². The van der Waals surface area contributed by atoms with Crippen LogP contribution in [0.25, 0.3) is 11.1 Å². The summed E-state index contributed by atoms with van der Waals surface area (Å²) in [5, 5.41) is 3.58. The van der Waals surface area contributed by atoms with Gasteiger partial charge in [0.1, 0.15) is 0 Å². The van der Waals surface area contributed by atoms with Crippen LogP contribution in [0.15, 0.2) is 27.4 Å². The highest BCUT2D eigenvalue weighted by atomic mass is 16.4. The molecule has 0 atom stereocenters. The quantitative estimate of drug-likeness (QED) is 0.838. The van der Waals surface area contributed by atoms with Crippen molar-refractivity contribution in [1.82, 2.24) is 4.98 Å². The molecule has 0 saturated heterocycles. The second kappa shape index (κ2) is 6.16. The van der Waals surface area contributed by atoms with E-state index in [1.807, 2.05) is 18.2 Å². The molecule has 2 N–H and O–H groups in total. The van der Waals surface area contributed by atoms with Gasteiger partial charge in [-0.3, -0.25) is 4.98 Å². The van der Waals surface area contributed by atoms with Crippen LogP contribution in [0, 0.1) is 11.8 Å². The molecule has 0 aliphatic rings. The summed E-state index contributed by atoms with van der Waals surface area (Å²) in [7, 11) is 0. The molecule has 0 aliphatic heterocycles. The molecule has 4 nitrogen and oxygen atoms in total. The average Bonchev–Trinajstić information content (AvgIpc) is 2.66. The van der Waals surface area contributed by atoms with Gasteiger partial charge in [0.25, 0.3) is 0 Å². The number of oxazole rings is 1. The summed E-state index contributed by atoms with van der Waals surface area (Å²) in [5.41, 5.74) is 2.37. The second-order valence-corrected chi connectivity index (χ2v) is 6.33. The van der Waals surface area contributed by atoms with Gasteiger partial charge in [-0.15, -0.1) is 0 Å². The molecule has 1 aromatic carbocycles. The third-order valence-electron chi connectivity index (χ3n) is 3.30. The predicted octanol–water partition coefficient (Wildman–Crippen LogP) is 3.99. The van der Waals surface area contributed by atoms with E-state index in [9.17, 15) is 4.79 Å². The summed E-state index contributed by atoms with van der Waals surface area (Å²) in [6.07, 6.45) is 2.27. The van der Waals surface area contributed by atoms with E-state index in [4.69, 9.17) is 4.42 Å². The fourth-order valence-electron chi connectivity index (χ4n) is 2.63. The summed E-state index contributed by atoms with van der Waals surface area (Å²) in [6, 6.07) is 6.18. The lowest BCUT2D eigenvalue weighted by molar-refractivity contribution is 0.442. The second-order valence-electron chi connectivity index (χ2n) is 6.33. The number of hydrogen-bond acceptors (Lipinski definition) is 3. The van der Waals surface area contributed by atoms with E-state index in [0.29, 0.717) is 23.5 Å². The predicted molar refractivity (Wildman–Crippen MR) is 83.2 cm³/mol. The van der Waals surface area contributed by atoms with E-state index in [2.05, 4.69) is 38.0 Å². The van der Waals surface area contributed by atoms with Crippen molar-refractivity contribution >= 4 is 16.8 Å². The molecule has 110 valence electrons. The van der Waals surface area contributed by atoms with Crippen LogP contribution < -0.4 is 11.1 Å². The van der Waals surface area contributed by atoms with E-state index in [-0.39, 0.29) is 0 Å². The molecule has 0 aliphatic carbocycles. The number of aromatic nitrogens is 1. The maximum Gasteiger partial charge on any atom is 0.417 e. The van der Waals surface area contributed by atoms with E-state index in [1.54, 1.807) is 0 Å². The Hall–Kier alpha value is -1.71. The summed E-state index contributed by atoms with van der Waals surface area (Å²) >= 11 is 0. The van der Waals surface area contributed by atoms with E-state index in [1.165, 1.54) is 0 Å². The molecule has 0 radical (unpaired) electrons. The normalized spacial score (nSPS) is 11.9. The first-order chi connectivity index (χ1) is 9.44. The molecule has 4 heteroatoms. The molecule has 0 saturated carbocycles. The van der Waals surface area contributed by atoms with E-state index >= 15 is 0 Å². The van der Waals surface area contributed by atoms with Crippen molar-refractivity contribution in [2.24, 2.45) is 11.8 Å². The first-order valence-corrected chi connectivity index (χ1v) is 7.33. The van der Waals surface area contributed by atoms with E-state index < -0.39 is 5.76 Å². The van der Waals surface area contributed by atoms with E-state index in [0.717, 1.165) is 24.0 Å². The summed E-state index contributed by atoms with van der Waals surface area (Å²) in [4.78, 5) is 13.9. The zero-order chi connectivity index (χ0) is 14.7. The Labute approximate surface area is 119 Å². The minimum Gasteiger partial charge on any atom is -0.408 e. The maximum atomic E-state index is 11.2. The minimum absolute atomic E-state index is 0.405. The van der Waals surface area contributed by atoms with Gasteiger partial charge in [-0.2, -0.15) is 0 Å². The molecule has 20 heavy (non-hydrogen) atoms. The van der Waals surface area contributed by atoms with Gasteiger partial charge in [0.2, 0.25) is 0 Å². The molecule has 2 rings (SSSR count). The fourth-order valence-corrected chi connectivity index (χ4v) is 2.63. The number of hydrogen-bond donors (Lipinski definition) is 2. The number of rotatable bonds is 6. The molecule has 2 aromatic rings. The van der Waals surface area contributed by atoms with Crippen molar-refractivity contribution in [2.75, 3.05) is 5.32 Å². The lowest BCUT2D eigenvalue weighted by atomic mass is 9.95. The molecule has 0 bridgehead atoms. The van der Waals surface area contributed by atoms with Gasteiger partial charge in [0.05, 0.1) is 5.52 Å². The number of fused-ring (bicyclic) bond motifs is 1. The number of aromatic amines is 1. The number of anilines is 1. The Morgan fingerprint density at radius 1 is 1.15 bits per heavy atom. The van der Waals surface area contributed by atoms with Gasteiger partial charge in [0.15, 0.2) is 5.58 Å². The maximum absolute atomic E-state index is 11.2. The number of nitrogens with one attached hydrogen (secondary N) is 2. The monoisotopic (exact) mass is 276 g/mol. The van der Waals surface area contributed by atoms with Crippen LogP contribution in [-0.4, -0.2) is 11.0 Å². The third kappa shape index (κ3) is 3.89. The van der Waals surface area contributed by atoms with Crippen molar-refractivity contribution in [1.29, 1.82) is 0 Å². The minimum atomic E-state index is -0.405. The Morgan fingerprint density at radius 2 is 1.80 bits per heavy atom. The fraction of sp³-hybridized carbons (Fsp3) is 0.562. The first kappa shape index (κ1) is 14.7. The number of benzene rings is 1. The first-order valence-electron chi connectivity index (χ1n) is 7.33. The topological polar surface area (TPSA) is 58.0 Å². The van der Waals surface area contributed by atoms with Crippen LogP contribution >= 0.6 is 0 Å². The molecule has 1 heterocycles. The molecule has 0 fully saturated rings. The van der Waals surface area contributed by atoms with Gasteiger partial charge in [-0.1, -0.05) is 27.7 Å². The van der Waals surface area contributed by atoms with Crippen LogP contribution in [0.1, 0.15) is 40.5 Å². The third-order valence-corrected chi connectivity index (χ3v) is 3.30. The van der Waals surface area contributed by atoms with Gasteiger partial charge >= 0.3 is 5.76 Å². The zero-order valence-electron chi connectivity index (χ0n) is 12.7. The van der Waals surface area contributed by atoms with Crippen molar-refractivity contribution < 1.29 is 4.42 Å². The molecule has 1 aromatic heterocycles. The van der Waals surface area contributed by atoms with Gasteiger partial charge in [0, 0.05) is 11.7 Å². The van der Waals surface area contributed by atoms with Crippen molar-refractivity contribution in [3.63, 3.8) is 0 Å². The average molecular weight is 276 g/mol. The molecule has 0 amide bonds. The summed E-state index contributed by atoms with van der Waals surface area (Å²) in [5.74, 6) is 0.908. The standard InChI is InChI=1S/C16H24N2O2/c1-10(2)7-13(8-11(3)4)17-12-5-6-15-14(9-12)18-16(19)20-15/h5-6,9-11,13,17H,7-8H2,1-4H3,(H,18,19). The van der Waals surface area contributed by atoms with Crippen molar-refractivity contribution in [3.8, 4) is 0 Å². The number of H-pyrrole nitrogens is 1. The van der Waals surface area contributed by atoms with Gasteiger partial charge in [-0.25, -0.2) is 4.79 Å². The Bertz CT molecular complexity index is 600. The zero-order valence-corrected chi connectivity index (χ0v) is 12.7. The molecular formula is C16H24N2O2. The van der Waals surface area contributed by atoms with Gasteiger partial charge < -0.3 is 9.73 Å². The van der Waals surface area contributed by atoms with Crippen LogP contribution in [0.2, 0.25) is 0 Å². The summed E-state index contributed by atoms with van der Waals surface area (Å²) < 4.78 is 5.02. The Kier molecular flexibility index (Phi) is 4.53. The summed E-state index contributed by atoms with van der Waals surface area (Å²) in [6.45, 7) is 8.97. The highest BCUT2D eigenvalue weighted by Crippen LogP contribution is 2.21. The smallest absolute Gasteiger partial charge is 0.408 e. The Balaban J connectivity index is 2.16. The van der Waals surface area contributed by atoms with Crippen LogP contribution in [0.5, 0.6) is 0 Å². The van der Waals surface area contributed by atoms with Crippen molar-refractivity contribution in [3.05, 3.63) is 28.7 Å². The van der Waals surface area contributed by atoms with Crippen molar-refractivity contribution in [2.45, 2.75) is 46.6 Å². The Morgan fingerprint density at radius 3 is 2.40 bits per heavy atom. The van der Waals surface area contributed by atoms with Crippen LogP contribution in [-0.2, 0) is 0 Å². The highest BCUT2D eigenvalue weighted by Gasteiger charge is 2.13. The molecule has 0 unspecified atom stereocenters. The van der Waals surface area contributed by atoms with Crippen LogP contribution in [0.4, 0.5) is 5.69 Å². The van der Waals surface area contributed by atoms with Gasteiger partial charge in [-0.05, 0) is 42.9 Å². The lowest BCUT2D eigenvalue weighted by Crippen LogP contribution is -2.23. The largest absolute Gasteiger partial charge is 0.417 e.